The summed E-state index contributed by atoms with van der Waals surface area (Å²) in [6.07, 6.45) is 3.14. The summed E-state index contributed by atoms with van der Waals surface area (Å²) >= 11 is 0. The smallest absolute Gasteiger partial charge is 0.323 e. The summed E-state index contributed by atoms with van der Waals surface area (Å²) in [7, 11) is 4.00. The van der Waals surface area contributed by atoms with Gasteiger partial charge in [-0.25, -0.2) is 10.2 Å². The van der Waals surface area contributed by atoms with Gasteiger partial charge in [0.15, 0.2) is 0 Å². The van der Waals surface area contributed by atoms with Gasteiger partial charge >= 0.3 is 6.03 Å². The second-order valence-corrected chi connectivity index (χ2v) is 5.84. The Kier molecular flexibility index (Phi) is 3.87. The van der Waals surface area contributed by atoms with Crippen molar-refractivity contribution in [2.45, 2.75) is 12.8 Å². The molecule has 2 aromatic rings. The molecular weight excluding hydrogens is 294 g/mol. The molecule has 0 spiro atoms. The lowest BCUT2D eigenvalue weighted by Crippen LogP contribution is -2.23. The number of carbonyl (C=O) groups is 2. The number of hydrogen-bond donors (Lipinski definition) is 2. The average molecular weight is 313 g/mol. The highest BCUT2D eigenvalue weighted by atomic mass is 16.2. The Balaban J connectivity index is 2.22. The number of nitrogens with one attached hydrogen (secondary N) is 1. The third-order valence-electron chi connectivity index (χ3n) is 3.98. The number of rotatable bonds is 4. The van der Waals surface area contributed by atoms with Crippen molar-refractivity contribution < 1.29 is 9.59 Å². The van der Waals surface area contributed by atoms with Crippen molar-refractivity contribution in [2.75, 3.05) is 20.6 Å². The van der Waals surface area contributed by atoms with Gasteiger partial charge in [-0.1, -0.05) is 6.07 Å². The number of benzene rings is 1. The van der Waals surface area contributed by atoms with Crippen molar-refractivity contribution in [3.8, 4) is 0 Å². The predicted octanol–water partition coefficient (Wildman–Crippen LogP) is 1.14. The maximum Gasteiger partial charge on any atom is 0.323 e. The van der Waals surface area contributed by atoms with E-state index in [0.717, 1.165) is 29.6 Å². The van der Waals surface area contributed by atoms with Crippen LogP contribution in [0.25, 0.3) is 10.9 Å². The number of hydrogen-bond acceptors (Lipinski definition) is 4. The number of carbonyl (C=O) groups excluding carboxylic acids is 2. The van der Waals surface area contributed by atoms with E-state index in [1.165, 1.54) is 4.57 Å². The van der Waals surface area contributed by atoms with Gasteiger partial charge in [0, 0.05) is 16.6 Å². The number of hydrazone groups is 1. The molecule has 120 valence electrons. The second-order valence-electron chi connectivity index (χ2n) is 5.84. The molecule has 0 atom stereocenters. The van der Waals surface area contributed by atoms with Crippen LogP contribution >= 0.6 is 0 Å². The average Bonchev–Trinajstić information content (AvgIpc) is 2.70. The van der Waals surface area contributed by atoms with Gasteiger partial charge in [-0.3, -0.25) is 9.36 Å². The first-order valence-electron chi connectivity index (χ1n) is 7.45. The first-order chi connectivity index (χ1) is 11.0. The van der Waals surface area contributed by atoms with Crippen LogP contribution in [0, 0.1) is 0 Å². The summed E-state index contributed by atoms with van der Waals surface area (Å²) in [5, 5.41) is 4.69. The van der Waals surface area contributed by atoms with Gasteiger partial charge in [0.1, 0.15) is 0 Å². The van der Waals surface area contributed by atoms with Crippen LogP contribution in [0.2, 0.25) is 0 Å². The van der Waals surface area contributed by atoms with E-state index in [2.05, 4.69) is 15.4 Å². The summed E-state index contributed by atoms with van der Waals surface area (Å²) in [5.41, 5.74) is 10.8. The SMILES string of the molecule is CN(C)CCCc1c2c3c(cccc3n1C(N)=O)C(=O)NN=C2. The van der Waals surface area contributed by atoms with E-state index < -0.39 is 6.03 Å². The molecule has 0 unspecified atom stereocenters. The highest BCUT2D eigenvalue weighted by molar-refractivity contribution is 6.16. The van der Waals surface area contributed by atoms with Crippen LogP contribution in [0.3, 0.4) is 0 Å². The summed E-state index contributed by atoms with van der Waals surface area (Å²) in [6, 6.07) is 4.72. The minimum Gasteiger partial charge on any atom is -0.351 e. The number of nitrogens with zero attached hydrogens (tertiary/aromatic N) is 3. The summed E-state index contributed by atoms with van der Waals surface area (Å²) < 4.78 is 1.49. The molecule has 1 aromatic heterocycles. The summed E-state index contributed by atoms with van der Waals surface area (Å²) in [6.45, 7) is 0.890. The molecule has 1 aromatic carbocycles. The van der Waals surface area contributed by atoms with Crippen LogP contribution < -0.4 is 11.2 Å². The van der Waals surface area contributed by atoms with Gasteiger partial charge in [-0.2, -0.15) is 5.10 Å². The Bertz CT molecular complexity index is 819. The first-order valence-corrected chi connectivity index (χ1v) is 7.45. The number of amides is 2. The third-order valence-corrected chi connectivity index (χ3v) is 3.98. The van der Waals surface area contributed by atoms with E-state index in [0.29, 0.717) is 17.5 Å². The van der Waals surface area contributed by atoms with Crippen molar-refractivity contribution in [2.24, 2.45) is 10.8 Å². The van der Waals surface area contributed by atoms with Crippen LogP contribution in [-0.4, -0.2) is 48.3 Å². The van der Waals surface area contributed by atoms with Crippen LogP contribution in [-0.2, 0) is 6.42 Å². The molecule has 0 saturated carbocycles. The zero-order valence-electron chi connectivity index (χ0n) is 13.2. The Morgan fingerprint density at radius 1 is 1.39 bits per heavy atom. The number of aromatic nitrogens is 1. The molecular formula is C16H19N5O2. The van der Waals surface area contributed by atoms with E-state index in [9.17, 15) is 9.59 Å². The van der Waals surface area contributed by atoms with Gasteiger partial charge < -0.3 is 10.6 Å². The van der Waals surface area contributed by atoms with Gasteiger partial charge in [0.05, 0.1) is 17.3 Å². The standard InChI is InChI=1S/C16H19N5O2/c1-20(2)8-4-7-12-11-9-18-19-15(22)10-5-3-6-13(14(10)11)21(12)16(17)23/h3,5-6,9H,4,7-8H2,1-2H3,(H2,17,23)(H,19,22). The molecule has 23 heavy (non-hydrogen) atoms. The fourth-order valence-corrected chi connectivity index (χ4v) is 3.02. The maximum absolute atomic E-state index is 12.1. The number of primary amides is 1. The largest absolute Gasteiger partial charge is 0.351 e. The van der Waals surface area contributed by atoms with Crippen molar-refractivity contribution in [3.05, 3.63) is 35.0 Å². The van der Waals surface area contributed by atoms with Gasteiger partial charge in [-0.05, 0) is 45.6 Å². The van der Waals surface area contributed by atoms with E-state index in [4.69, 9.17) is 5.73 Å². The fraction of sp³-hybridized carbons (Fsp3) is 0.312. The second kappa shape index (κ2) is 5.85. The molecule has 1 aliphatic rings. The predicted molar refractivity (Wildman–Crippen MR) is 88.9 cm³/mol. The van der Waals surface area contributed by atoms with E-state index in [1.54, 1.807) is 24.4 Å². The molecule has 0 saturated heterocycles. The Morgan fingerprint density at radius 3 is 2.87 bits per heavy atom. The van der Waals surface area contributed by atoms with Crippen LogP contribution in [0.5, 0.6) is 0 Å². The molecule has 0 bridgehead atoms. The molecule has 3 rings (SSSR count). The fourth-order valence-electron chi connectivity index (χ4n) is 3.02. The molecule has 0 fully saturated rings. The lowest BCUT2D eigenvalue weighted by atomic mass is 10.0. The maximum atomic E-state index is 12.1. The van der Waals surface area contributed by atoms with E-state index >= 15 is 0 Å². The number of nitrogens with two attached hydrogens (primary N) is 1. The molecule has 2 heterocycles. The summed E-state index contributed by atoms with van der Waals surface area (Å²) in [5.74, 6) is -0.285. The van der Waals surface area contributed by atoms with Crippen molar-refractivity contribution in [1.82, 2.24) is 14.9 Å². The van der Waals surface area contributed by atoms with E-state index in [1.807, 2.05) is 14.1 Å². The van der Waals surface area contributed by atoms with E-state index in [-0.39, 0.29) is 5.91 Å². The molecule has 7 heteroatoms. The molecule has 1 aliphatic heterocycles. The normalized spacial score (nSPS) is 13.4. The lowest BCUT2D eigenvalue weighted by molar-refractivity contribution is 0.0957. The van der Waals surface area contributed by atoms with Gasteiger partial charge in [0.25, 0.3) is 5.91 Å². The zero-order valence-corrected chi connectivity index (χ0v) is 13.2. The van der Waals surface area contributed by atoms with Crippen LogP contribution in [0.4, 0.5) is 4.79 Å². The minimum atomic E-state index is -0.548. The third kappa shape index (κ3) is 2.59. The Labute approximate surface area is 133 Å². The Morgan fingerprint density at radius 2 is 2.17 bits per heavy atom. The van der Waals surface area contributed by atoms with Crippen LogP contribution in [0.15, 0.2) is 23.3 Å². The van der Waals surface area contributed by atoms with Crippen LogP contribution in [0.1, 0.15) is 28.0 Å². The highest BCUT2D eigenvalue weighted by Gasteiger charge is 2.24. The van der Waals surface area contributed by atoms with Crippen molar-refractivity contribution >= 4 is 29.1 Å². The highest BCUT2D eigenvalue weighted by Crippen LogP contribution is 2.30. The van der Waals surface area contributed by atoms with Crippen molar-refractivity contribution in [1.29, 1.82) is 0 Å². The topological polar surface area (TPSA) is 92.7 Å². The Hall–Kier alpha value is -2.67. The van der Waals surface area contributed by atoms with Crippen molar-refractivity contribution in [3.63, 3.8) is 0 Å². The molecule has 0 radical (unpaired) electrons. The minimum absolute atomic E-state index is 0.285. The van der Waals surface area contributed by atoms with Gasteiger partial charge in [-0.15, -0.1) is 0 Å². The molecule has 3 N–H and O–H groups in total. The monoisotopic (exact) mass is 313 g/mol. The molecule has 2 amide bonds. The molecule has 7 nitrogen and oxygen atoms in total. The van der Waals surface area contributed by atoms with Gasteiger partial charge in [0.2, 0.25) is 0 Å². The lowest BCUT2D eigenvalue weighted by Gasteiger charge is -2.11. The first kappa shape index (κ1) is 15.2. The summed E-state index contributed by atoms with van der Waals surface area (Å²) in [4.78, 5) is 26.2. The quantitative estimate of drug-likeness (QED) is 0.886. The molecule has 0 aliphatic carbocycles. The zero-order chi connectivity index (χ0) is 16.6.